The normalized spacial score (nSPS) is 16.5. The van der Waals surface area contributed by atoms with E-state index in [9.17, 15) is 14.4 Å². The smallest absolute Gasteiger partial charge is 0.325 e. The first-order valence-electron chi connectivity index (χ1n) is 8.15. The minimum Gasteiger partial charge on any atom is -0.495 e. The van der Waals surface area contributed by atoms with Crippen molar-refractivity contribution >= 4 is 23.5 Å². The molecule has 1 fully saturated rings. The number of para-hydroxylation sites is 2. The molecule has 1 aliphatic heterocycles. The number of imide groups is 1. The summed E-state index contributed by atoms with van der Waals surface area (Å²) in [4.78, 5) is 37.6. The molecule has 0 unspecified atom stereocenters. The highest BCUT2D eigenvalue weighted by Crippen LogP contribution is 2.23. The number of amides is 4. The van der Waals surface area contributed by atoms with Gasteiger partial charge >= 0.3 is 6.03 Å². The maximum Gasteiger partial charge on any atom is 0.325 e. The Morgan fingerprint density at radius 2 is 2.08 bits per heavy atom. The van der Waals surface area contributed by atoms with Gasteiger partial charge in [-0.25, -0.2) is 4.79 Å². The predicted molar refractivity (Wildman–Crippen MR) is 92.4 cm³/mol. The molecule has 1 aromatic carbocycles. The van der Waals surface area contributed by atoms with E-state index in [0.29, 0.717) is 17.2 Å². The van der Waals surface area contributed by atoms with Gasteiger partial charge in [-0.15, -0.1) is 0 Å². The second kappa shape index (κ2) is 7.73. The van der Waals surface area contributed by atoms with Crippen molar-refractivity contribution in [1.29, 1.82) is 0 Å². The summed E-state index contributed by atoms with van der Waals surface area (Å²) >= 11 is 0. The number of carbonyl (C=O) groups excluding carboxylic acids is 3. The third-order valence-electron chi connectivity index (χ3n) is 4.04. The lowest BCUT2D eigenvalue weighted by Crippen LogP contribution is -2.31. The van der Waals surface area contributed by atoms with Crippen molar-refractivity contribution < 1.29 is 23.5 Å². The Morgan fingerprint density at radius 1 is 1.27 bits per heavy atom. The number of urea groups is 1. The summed E-state index contributed by atoms with van der Waals surface area (Å²) in [7, 11) is 1.52. The van der Waals surface area contributed by atoms with Crippen LogP contribution < -0.4 is 15.4 Å². The van der Waals surface area contributed by atoms with Gasteiger partial charge in [0.25, 0.3) is 5.91 Å². The van der Waals surface area contributed by atoms with Crippen LogP contribution >= 0.6 is 0 Å². The van der Waals surface area contributed by atoms with Crippen molar-refractivity contribution in [3.63, 3.8) is 0 Å². The van der Waals surface area contributed by atoms with Gasteiger partial charge in [-0.05, 0) is 30.7 Å². The van der Waals surface area contributed by atoms with E-state index >= 15 is 0 Å². The van der Waals surface area contributed by atoms with Gasteiger partial charge in [0, 0.05) is 6.42 Å². The summed E-state index contributed by atoms with van der Waals surface area (Å²) in [5, 5.41) is 5.34. The number of nitrogens with zero attached hydrogens (tertiary/aromatic N) is 1. The second-order valence-electron chi connectivity index (χ2n) is 5.79. The Hall–Kier alpha value is -3.29. The maximum atomic E-state index is 12.4. The highest BCUT2D eigenvalue weighted by molar-refractivity contribution is 6.04. The summed E-state index contributed by atoms with van der Waals surface area (Å²) in [5.41, 5.74) is 0.557. The molecule has 2 N–H and O–H groups in total. The molecule has 0 spiro atoms. The van der Waals surface area contributed by atoms with E-state index in [1.54, 1.807) is 36.4 Å². The highest BCUT2D eigenvalue weighted by atomic mass is 16.5. The summed E-state index contributed by atoms with van der Waals surface area (Å²) in [6, 6.07) is 9.22. The van der Waals surface area contributed by atoms with Crippen LogP contribution in [-0.2, 0) is 16.1 Å². The molecule has 136 valence electrons. The zero-order valence-electron chi connectivity index (χ0n) is 14.2. The first kappa shape index (κ1) is 17.5. The fraction of sp³-hybridized carbons (Fsp3) is 0.278. The van der Waals surface area contributed by atoms with Crippen LogP contribution in [0, 0.1) is 0 Å². The van der Waals surface area contributed by atoms with Gasteiger partial charge in [-0.1, -0.05) is 12.1 Å². The number of nitrogens with one attached hydrogen (secondary N) is 2. The molecule has 4 amide bonds. The Labute approximate surface area is 150 Å². The molecule has 3 rings (SSSR count). The molecule has 0 saturated carbocycles. The fourth-order valence-corrected chi connectivity index (χ4v) is 2.72. The molecule has 0 bridgehead atoms. The standard InChI is InChI=1S/C18H19N3O5/c1-25-15-7-3-2-6-13(15)19-16(22)9-8-14-17(23)21(18(24)20-14)11-12-5-4-10-26-12/h2-7,10,14H,8-9,11H2,1H3,(H,19,22)(H,20,24)/t14-/m0/s1. The summed E-state index contributed by atoms with van der Waals surface area (Å²) < 4.78 is 10.3. The van der Waals surface area contributed by atoms with E-state index in [-0.39, 0.29) is 31.2 Å². The van der Waals surface area contributed by atoms with Gasteiger partial charge < -0.3 is 19.8 Å². The van der Waals surface area contributed by atoms with Crippen LogP contribution in [0.4, 0.5) is 10.5 Å². The van der Waals surface area contributed by atoms with Crippen LogP contribution in [0.25, 0.3) is 0 Å². The molecule has 2 heterocycles. The summed E-state index contributed by atoms with van der Waals surface area (Å²) in [6.07, 6.45) is 1.77. The number of benzene rings is 1. The Bertz CT molecular complexity index is 803. The van der Waals surface area contributed by atoms with E-state index in [1.807, 2.05) is 0 Å². The predicted octanol–water partition coefficient (Wildman–Crippen LogP) is 2.13. The van der Waals surface area contributed by atoms with Gasteiger partial charge in [0.15, 0.2) is 0 Å². The Kier molecular flexibility index (Phi) is 5.21. The average molecular weight is 357 g/mol. The van der Waals surface area contributed by atoms with E-state index in [0.717, 1.165) is 4.90 Å². The number of anilines is 1. The molecular formula is C18H19N3O5. The lowest BCUT2D eigenvalue weighted by molar-refractivity contribution is -0.128. The number of ether oxygens (including phenoxy) is 1. The molecular weight excluding hydrogens is 338 g/mol. The zero-order chi connectivity index (χ0) is 18.5. The van der Waals surface area contributed by atoms with Gasteiger partial charge in [0.1, 0.15) is 17.6 Å². The number of hydrogen-bond donors (Lipinski definition) is 2. The van der Waals surface area contributed by atoms with Crippen molar-refractivity contribution in [2.75, 3.05) is 12.4 Å². The average Bonchev–Trinajstić information content (AvgIpc) is 3.24. The van der Waals surface area contributed by atoms with Gasteiger partial charge in [0.2, 0.25) is 5.91 Å². The van der Waals surface area contributed by atoms with E-state index in [2.05, 4.69) is 10.6 Å². The molecule has 26 heavy (non-hydrogen) atoms. The molecule has 1 aliphatic rings. The summed E-state index contributed by atoms with van der Waals surface area (Å²) in [6.45, 7) is 0.0710. The minimum absolute atomic E-state index is 0.0710. The van der Waals surface area contributed by atoms with Crippen LogP contribution in [0.5, 0.6) is 5.75 Å². The second-order valence-corrected chi connectivity index (χ2v) is 5.79. The molecule has 2 aromatic rings. The zero-order valence-corrected chi connectivity index (χ0v) is 14.2. The van der Waals surface area contributed by atoms with Crippen LogP contribution in [0.2, 0.25) is 0 Å². The fourth-order valence-electron chi connectivity index (χ4n) is 2.72. The molecule has 1 aromatic heterocycles. The first-order valence-corrected chi connectivity index (χ1v) is 8.15. The van der Waals surface area contributed by atoms with Crippen molar-refractivity contribution in [2.24, 2.45) is 0 Å². The minimum atomic E-state index is -0.721. The molecule has 1 atom stereocenters. The van der Waals surface area contributed by atoms with Crippen LogP contribution in [0.3, 0.4) is 0 Å². The molecule has 8 nitrogen and oxygen atoms in total. The largest absolute Gasteiger partial charge is 0.495 e. The van der Waals surface area contributed by atoms with Crippen LogP contribution in [0.1, 0.15) is 18.6 Å². The van der Waals surface area contributed by atoms with Crippen molar-refractivity contribution in [2.45, 2.75) is 25.4 Å². The number of hydrogen-bond acceptors (Lipinski definition) is 5. The van der Waals surface area contributed by atoms with E-state index in [1.165, 1.54) is 13.4 Å². The Balaban J connectivity index is 1.53. The lowest BCUT2D eigenvalue weighted by atomic mass is 10.1. The topological polar surface area (TPSA) is 101 Å². The van der Waals surface area contributed by atoms with Gasteiger partial charge in [-0.3, -0.25) is 14.5 Å². The van der Waals surface area contributed by atoms with Crippen molar-refractivity contribution in [3.8, 4) is 5.75 Å². The monoisotopic (exact) mass is 357 g/mol. The SMILES string of the molecule is COc1ccccc1NC(=O)CC[C@@H]1NC(=O)N(Cc2ccco2)C1=O. The van der Waals surface area contributed by atoms with Crippen molar-refractivity contribution in [1.82, 2.24) is 10.2 Å². The van der Waals surface area contributed by atoms with E-state index < -0.39 is 12.1 Å². The number of methoxy groups -OCH3 is 1. The van der Waals surface area contributed by atoms with Gasteiger partial charge in [-0.2, -0.15) is 0 Å². The van der Waals surface area contributed by atoms with E-state index in [4.69, 9.17) is 9.15 Å². The van der Waals surface area contributed by atoms with Crippen LogP contribution in [0.15, 0.2) is 47.1 Å². The van der Waals surface area contributed by atoms with Crippen molar-refractivity contribution in [3.05, 3.63) is 48.4 Å². The lowest BCUT2D eigenvalue weighted by Gasteiger charge is -2.12. The maximum absolute atomic E-state index is 12.4. The van der Waals surface area contributed by atoms with Gasteiger partial charge in [0.05, 0.1) is 25.6 Å². The molecule has 0 radical (unpaired) electrons. The highest BCUT2D eigenvalue weighted by Gasteiger charge is 2.38. The molecule has 8 heteroatoms. The molecule has 1 saturated heterocycles. The molecule has 0 aliphatic carbocycles. The Morgan fingerprint density at radius 3 is 2.81 bits per heavy atom. The number of rotatable bonds is 7. The summed E-state index contributed by atoms with van der Waals surface area (Å²) in [5.74, 6) is 0.441. The number of furan rings is 1. The quantitative estimate of drug-likeness (QED) is 0.739. The first-order chi connectivity index (χ1) is 12.6. The van der Waals surface area contributed by atoms with Crippen LogP contribution in [-0.4, -0.2) is 35.9 Å². The third-order valence-corrected chi connectivity index (χ3v) is 4.04. The number of carbonyl (C=O) groups is 3. The third kappa shape index (κ3) is 3.85.